The Morgan fingerprint density at radius 1 is 1.33 bits per heavy atom. The first-order valence-electron chi connectivity index (χ1n) is 4.17. The molecule has 15 heavy (non-hydrogen) atoms. The third kappa shape index (κ3) is 3.05. The molecule has 1 nitrogen and oxygen atoms in total. The summed E-state index contributed by atoms with van der Waals surface area (Å²) in [6.45, 7) is 0. The molecule has 0 aliphatic heterocycles. The molecule has 0 saturated heterocycles. The van der Waals surface area contributed by atoms with Crippen LogP contribution in [0, 0.1) is 11.3 Å². The van der Waals surface area contributed by atoms with Crippen LogP contribution in [0.25, 0.3) is 0 Å². The quantitative estimate of drug-likeness (QED) is 0.780. The van der Waals surface area contributed by atoms with Gasteiger partial charge in [-0.15, -0.1) is 0 Å². The van der Waals surface area contributed by atoms with Gasteiger partial charge in [0, 0.05) is 23.4 Å². The molecule has 5 heteroatoms. The van der Waals surface area contributed by atoms with E-state index in [1.165, 1.54) is 18.2 Å². The fourth-order valence-electron chi connectivity index (χ4n) is 1.13. The standard InChI is InChI=1S/C10H7Cl2F2N/c11-7-2-3-8(9(12)6-7)10(13,14)4-1-5-15/h2-3,6H,1,4H2. The summed E-state index contributed by atoms with van der Waals surface area (Å²) in [5.74, 6) is -3.09. The van der Waals surface area contributed by atoms with E-state index in [0.717, 1.165) is 0 Å². The van der Waals surface area contributed by atoms with Gasteiger partial charge in [-0.05, 0) is 12.1 Å². The van der Waals surface area contributed by atoms with Crippen molar-refractivity contribution in [2.24, 2.45) is 0 Å². The molecule has 0 spiro atoms. The minimum absolute atomic E-state index is 0.0783. The van der Waals surface area contributed by atoms with Crippen molar-refractivity contribution in [2.75, 3.05) is 0 Å². The molecule has 1 aromatic carbocycles. The predicted octanol–water partition coefficient (Wildman–Crippen LogP) is 4.39. The summed E-state index contributed by atoms with van der Waals surface area (Å²) in [7, 11) is 0. The highest BCUT2D eigenvalue weighted by Crippen LogP contribution is 2.38. The summed E-state index contributed by atoms with van der Waals surface area (Å²) < 4.78 is 26.9. The predicted molar refractivity (Wildman–Crippen MR) is 55.2 cm³/mol. The average Bonchev–Trinajstić information content (AvgIpc) is 2.14. The molecule has 1 rings (SSSR count). The molecule has 0 radical (unpaired) electrons. The maximum Gasteiger partial charge on any atom is 0.275 e. The van der Waals surface area contributed by atoms with Crippen molar-refractivity contribution in [3.05, 3.63) is 33.8 Å². The molecule has 0 atom stereocenters. The van der Waals surface area contributed by atoms with Gasteiger partial charge < -0.3 is 0 Å². The highest BCUT2D eigenvalue weighted by molar-refractivity contribution is 6.35. The van der Waals surface area contributed by atoms with Gasteiger partial charge in [-0.3, -0.25) is 0 Å². The van der Waals surface area contributed by atoms with Gasteiger partial charge >= 0.3 is 0 Å². The van der Waals surface area contributed by atoms with Crippen molar-refractivity contribution < 1.29 is 8.78 Å². The summed E-state index contributed by atoms with van der Waals surface area (Å²) in [5.41, 5.74) is -0.288. The van der Waals surface area contributed by atoms with Crippen LogP contribution < -0.4 is 0 Å². The molecule has 0 aliphatic carbocycles. The summed E-state index contributed by atoms with van der Waals surface area (Å²) in [6, 6.07) is 5.47. The van der Waals surface area contributed by atoms with Crippen LogP contribution in [0.4, 0.5) is 8.78 Å². The molecule has 0 heterocycles. The fraction of sp³-hybridized carbons (Fsp3) is 0.300. The van der Waals surface area contributed by atoms with Gasteiger partial charge in [-0.2, -0.15) is 5.26 Å². The Hall–Kier alpha value is -0.850. The van der Waals surface area contributed by atoms with Gasteiger partial charge in [0.05, 0.1) is 11.1 Å². The number of rotatable bonds is 3. The van der Waals surface area contributed by atoms with Crippen molar-refractivity contribution in [1.82, 2.24) is 0 Å². The zero-order valence-corrected chi connectivity index (χ0v) is 9.12. The number of nitrogens with zero attached hydrogens (tertiary/aromatic N) is 1. The lowest BCUT2D eigenvalue weighted by molar-refractivity contribution is -0.0118. The summed E-state index contributed by atoms with van der Waals surface area (Å²) in [4.78, 5) is 0. The van der Waals surface area contributed by atoms with E-state index < -0.39 is 12.3 Å². The average molecular weight is 250 g/mol. The second-order valence-electron chi connectivity index (χ2n) is 2.99. The Morgan fingerprint density at radius 3 is 2.53 bits per heavy atom. The van der Waals surface area contributed by atoms with Crippen LogP contribution in [0.5, 0.6) is 0 Å². The monoisotopic (exact) mass is 249 g/mol. The van der Waals surface area contributed by atoms with Gasteiger partial charge in [0.2, 0.25) is 0 Å². The summed E-state index contributed by atoms with van der Waals surface area (Å²) in [5, 5.41) is 8.48. The van der Waals surface area contributed by atoms with E-state index in [1.807, 2.05) is 0 Å². The Balaban J connectivity index is 2.99. The molecule has 0 aliphatic rings. The minimum atomic E-state index is -3.09. The molecule has 0 amide bonds. The topological polar surface area (TPSA) is 23.8 Å². The van der Waals surface area contributed by atoms with Crippen molar-refractivity contribution in [3.63, 3.8) is 0 Å². The SMILES string of the molecule is N#CCCC(F)(F)c1ccc(Cl)cc1Cl. The number of halogens is 4. The number of hydrogen-bond donors (Lipinski definition) is 0. The van der Waals surface area contributed by atoms with Crippen molar-refractivity contribution in [2.45, 2.75) is 18.8 Å². The molecular weight excluding hydrogens is 243 g/mol. The Labute approximate surface area is 96.2 Å². The van der Waals surface area contributed by atoms with E-state index in [1.54, 1.807) is 6.07 Å². The first kappa shape index (κ1) is 12.2. The lowest BCUT2D eigenvalue weighted by Gasteiger charge is -2.16. The van der Waals surface area contributed by atoms with Gasteiger partial charge in [0.15, 0.2) is 0 Å². The van der Waals surface area contributed by atoms with Gasteiger partial charge in [-0.1, -0.05) is 29.3 Å². The summed E-state index contributed by atoms with van der Waals surface area (Å²) >= 11 is 11.2. The lowest BCUT2D eigenvalue weighted by atomic mass is 10.0. The molecule has 0 aromatic heterocycles. The number of benzene rings is 1. The zero-order chi connectivity index (χ0) is 11.5. The fourth-order valence-corrected chi connectivity index (χ4v) is 1.68. The van der Waals surface area contributed by atoms with Crippen LogP contribution in [-0.2, 0) is 5.92 Å². The van der Waals surface area contributed by atoms with Crippen LogP contribution in [0.15, 0.2) is 18.2 Å². The van der Waals surface area contributed by atoms with E-state index in [0.29, 0.717) is 5.02 Å². The van der Waals surface area contributed by atoms with Crippen LogP contribution in [-0.4, -0.2) is 0 Å². The second-order valence-corrected chi connectivity index (χ2v) is 3.83. The van der Waals surface area contributed by atoms with Crippen molar-refractivity contribution >= 4 is 23.2 Å². The van der Waals surface area contributed by atoms with Gasteiger partial charge in [0.25, 0.3) is 5.92 Å². The second kappa shape index (κ2) is 4.78. The van der Waals surface area contributed by atoms with Gasteiger partial charge in [-0.25, -0.2) is 8.78 Å². The number of alkyl halides is 2. The van der Waals surface area contributed by atoms with Crippen LogP contribution in [0.3, 0.4) is 0 Å². The van der Waals surface area contributed by atoms with E-state index in [4.69, 9.17) is 28.5 Å². The Bertz CT molecular complexity index is 399. The molecule has 0 N–H and O–H groups in total. The summed E-state index contributed by atoms with van der Waals surface area (Å²) in [6.07, 6.45) is -0.753. The molecule has 0 saturated carbocycles. The molecular formula is C10H7Cl2F2N. The minimum Gasteiger partial charge on any atom is -0.201 e. The highest BCUT2D eigenvalue weighted by Gasteiger charge is 2.33. The van der Waals surface area contributed by atoms with E-state index in [2.05, 4.69) is 0 Å². The smallest absolute Gasteiger partial charge is 0.201 e. The third-order valence-corrected chi connectivity index (χ3v) is 2.42. The van der Waals surface area contributed by atoms with Crippen LogP contribution in [0.1, 0.15) is 18.4 Å². The maximum atomic E-state index is 13.5. The first-order valence-corrected chi connectivity index (χ1v) is 4.93. The highest BCUT2D eigenvalue weighted by atomic mass is 35.5. The Morgan fingerprint density at radius 2 is 2.00 bits per heavy atom. The molecule has 1 aromatic rings. The largest absolute Gasteiger partial charge is 0.275 e. The Kier molecular flexibility index (Phi) is 3.90. The third-order valence-electron chi connectivity index (χ3n) is 1.88. The van der Waals surface area contributed by atoms with E-state index in [9.17, 15) is 8.78 Å². The molecule has 0 fully saturated rings. The van der Waals surface area contributed by atoms with E-state index in [-0.39, 0.29) is 17.0 Å². The lowest BCUT2D eigenvalue weighted by Crippen LogP contribution is -2.13. The van der Waals surface area contributed by atoms with Crippen LogP contribution in [0.2, 0.25) is 10.0 Å². The number of hydrogen-bond acceptors (Lipinski definition) is 1. The van der Waals surface area contributed by atoms with Crippen molar-refractivity contribution in [3.8, 4) is 6.07 Å². The van der Waals surface area contributed by atoms with E-state index >= 15 is 0 Å². The molecule has 0 unspecified atom stereocenters. The first-order chi connectivity index (χ1) is 6.97. The maximum absolute atomic E-state index is 13.5. The normalized spacial score (nSPS) is 11.1. The van der Waals surface area contributed by atoms with Crippen LogP contribution >= 0.6 is 23.2 Å². The molecule has 0 bridgehead atoms. The van der Waals surface area contributed by atoms with Gasteiger partial charge in [0.1, 0.15) is 0 Å². The number of nitriles is 1. The zero-order valence-electron chi connectivity index (χ0n) is 7.61. The molecule has 80 valence electrons. The van der Waals surface area contributed by atoms with Crippen molar-refractivity contribution in [1.29, 1.82) is 5.26 Å².